The number of nitrogens with zero attached hydrogens (tertiary/aromatic N) is 3. The fraction of sp³-hybridized carbons (Fsp3) is 0.286. The number of hydrogen-bond donors (Lipinski definition) is 3. The van der Waals surface area contributed by atoms with Crippen LogP contribution in [0.3, 0.4) is 0 Å². The Morgan fingerprint density at radius 1 is 1.29 bits per heavy atom. The van der Waals surface area contributed by atoms with Crippen molar-refractivity contribution < 1.29 is 14.1 Å². The van der Waals surface area contributed by atoms with Gasteiger partial charge in [-0.25, -0.2) is 19.1 Å². The first kappa shape index (κ1) is 21.6. The summed E-state index contributed by atoms with van der Waals surface area (Å²) in [4.78, 5) is 21.4. The van der Waals surface area contributed by atoms with Crippen molar-refractivity contribution in [1.82, 2.24) is 9.97 Å². The van der Waals surface area contributed by atoms with Gasteiger partial charge in [-0.2, -0.15) is 0 Å². The van der Waals surface area contributed by atoms with Crippen molar-refractivity contribution in [3.8, 4) is 11.3 Å². The summed E-state index contributed by atoms with van der Waals surface area (Å²) in [5.74, 6) is 0. The number of amides is 2. The molecule has 162 valence electrons. The summed E-state index contributed by atoms with van der Waals surface area (Å²) in [6.45, 7) is 3.12. The first-order valence-corrected chi connectivity index (χ1v) is 12.2. The molecule has 1 aromatic carbocycles. The summed E-state index contributed by atoms with van der Waals surface area (Å²) in [5, 5.41) is 19.0. The van der Waals surface area contributed by atoms with Crippen molar-refractivity contribution in [2.75, 3.05) is 5.32 Å². The number of benzene rings is 1. The maximum absolute atomic E-state index is 12.9. The smallest absolute Gasteiger partial charge is 0.354 e. The Morgan fingerprint density at radius 3 is 2.71 bits per heavy atom. The van der Waals surface area contributed by atoms with Crippen molar-refractivity contribution in [3.05, 3.63) is 58.9 Å². The molecule has 1 atom stereocenters. The van der Waals surface area contributed by atoms with Crippen molar-refractivity contribution >= 4 is 33.0 Å². The molecule has 2 amide bonds. The van der Waals surface area contributed by atoms with Crippen molar-refractivity contribution in [2.24, 2.45) is 9.50 Å². The molecule has 1 aliphatic carbocycles. The molecule has 4 rings (SSSR count). The number of carbonyl (C=O) groups excluding carboxylic acids is 1. The molecule has 1 aliphatic rings. The summed E-state index contributed by atoms with van der Waals surface area (Å²) in [6, 6.07) is 10.7. The van der Waals surface area contributed by atoms with Crippen LogP contribution < -0.4 is 10.5 Å². The number of pyridine rings is 1. The predicted octanol–water partition coefficient (Wildman–Crippen LogP) is 3.85. The average molecular weight is 458 g/mol. The molecule has 4 N–H and O–H groups in total. The first-order chi connectivity index (χ1) is 14.6. The van der Waals surface area contributed by atoms with E-state index in [9.17, 15) is 14.1 Å². The fourth-order valence-corrected chi connectivity index (χ4v) is 5.46. The van der Waals surface area contributed by atoms with Gasteiger partial charge in [-0.05, 0) is 44.7 Å². The maximum Gasteiger partial charge on any atom is 0.354 e. The molecule has 0 spiro atoms. The van der Waals surface area contributed by atoms with Crippen LogP contribution in [0.25, 0.3) is 11.3 Å². The maximum atomic E-state index is 12.9. The van der Waals surface area contributed by atoms with E-state index in [0.717, 1.165) is 53.1 Å². The minimum atomic E-state index is -3.50. The zero-order chi connectivity index (χ0) is 22.2. The lowest BCUT2D eigenvalue weighted by atomic mass is 10.1. The second-order valence-electron chi connectivity index (χ2n) is 7.83. The second-order valence-corrected chi connectivity index (χ2v) is 10.9. The number of aliphatic hydroxyl groups is 1. The highest BCUT2D eigenvalue weighted by Crippen LogP contribution is 2.32. The van der Waals surface area contributed by atoms with Gasteiger partial charge < -0.3 is 10.4 Å². The molecule has 2 aromatic heterocycles. The third kappa shape index (κ3) is 4.67. The molecule has 0 saturated heterocycles. The number of rotatable bonds is 4. The van der Waals surface area contributed by atoms with Gasteiger partial charge in [0.1, 0.15) is 14.8 Å². The number of nitrogens with one attached hydrogen (secondary N) is 1. The lowest BCUT2D eigenvalue weighted by Gasteiger charge is -2.12. The van der Waals surface area contributed by atoms with Crippen LogP contribution in [0.2, 0.25) is 0 Å². The lowest BCUT2D eigenvalue weighted by molar-refractivity contribution is 0.0783. The minimum absolute atomic E-state index is 0.129. The number of nitrogens with two attached hydrogens (primary N) is 1. The third-order valence-electron chi connectivity index (χ3n) is 4.88. The van der Waals surface area contributed by atoms with Crippen LogP contribution in [0, 0.1) is 0 Å². The highest BCUT2D eigenvalue weighted by atomic mass is 32.2. The number of carbonyl (C=O) groups is 1. The van der Waals surface area contributed by atoms with Gasteiger partial charge in [0, 0.05) is 16.9 Å². The number of thiazole rings is 1. The molecule has 3 aromatic rings. The number of anilines is 1. The van der Waals surface area contributed by atoms with E-state index in [0.29, 0.717) is 10.7 Å². The van der Waals surface area contributed by atoms with E-state index in [1.54, 1.807) is 13.8 Å². The van der Waals surface area contributed by atoms with Crippen LogP contribution in [-0.2, 0) is 28.4 Å². The predicted molar refractivity (Wildman–Crippen MR) is 121 cm³/mol. The molecular weight excluding hydrogens is 434 g/mol. The zero-order valence-corrected chi connectivity index (χ0v) is 18.8. The van der Waals surface area contributed by atoms with E-state index in [-0.39, 0.29) is 4.21 Å². The topological polar surface area (TPSA) is 131 Å². The SMILES string of the molecule is CC(C)(O)c1ncc([S@](N)(=O)=NC(=O)Nc2cc(-c3ccccc3)nc3c2CCC3)s1. The van der Waals surface area contributed by atoms with Gasteiger partial charge in [-0.1, -0.05) is 30.3 Å². The van der Waals surface area contributed by atoms with Gasteiger partial charge in [-0.15, -0.1) is 15.7 Å². The van der Waals surface area contributed by atoms with Crippen LogP contribution in [0.4, 0.5) is 10.5 Å². The molecule has 2 heterocycles. The summed E-state index contributed by atoms with van der Waals surface area (Å²) >= 11 is 0.970. The van der Waals surface area contributed by atoms with E-state index in [2.05, 4.69) is 14.7 Å². The van der Waals surface area contributed by atoms with Crippen LogP contribution in [0.15, 0.2) is 51.2 Å². The molecule has 0 radical (unpaired) electrons. The van der Waals surface area contributed by atoms with Gasteiger partial charge in [0.05, 0.1) is 11.9 Å². The largest absolute Gasteiger partial charge is 0.383 e. The molecule has 0 aliphatic heterocycles. The quantitative estimate of drug-likeness (QED) is 0.548. The van der Waals surface area contributed by atoms with Crippen molar-refractivity contribution in [1.29, 1.82) is 0 Å². The molecule has 0 saturated carbocycles. The normalized spacial score (nSPS) is 15.2. The summed E-state index contributed by atoms with van der Waals surface area (Å²) in [7, 11) is -3.50. The molecule has 0 fully saturated rings. The highest BCUT2D eigenvalue weighted by Gasteiger charge is 2.24. The van der Waals surface area contributed by atoms with Crippen LogP contribution in [-0.4, -0.2) is 25.3 Å². The fourth-order valence-electron chi connectivity index (χ4n) is 3.39. The Hall–Kier alpha value is -2.66. The second kappa shape index (κ2) is 8.12. The standard InChI is InChI=1S/C21H23N5O3S2/c1-21(2,28)19-23-12-18(30-19)31(22,29)26-20(27)25-17-11-16(13-7-4-3-5-8-13)24-15-10-6-9-14(15)17/h3-5,7-8,11-12,28H,6,9-10H2,1-2H3,(H3,22,24,25,26,27,29)/t31-/m1/s1. The number of hydrogen-bond acceptors (Lipinski definition) is 6. The van der Waals surface area contributed by atoms with E-state index in [1.807, 2.05) is 36.4 Å². The zero-order valence-electron chi connectivity index (χ0n) is 17.2. The Morgan fingerprint density at radius 2 is 2.03 bits per heavy atom. The van der Waals surface area contributed by atoms with E-state index >= 15 is 0 Å². The van der Waals surface area contributed by atoms with Gasteiger partial charge in [0.25, 0.3) is 0 Å². The Labute approximate surface area is 184 Å². The lowest BCUT2D eigenvalue weighted by Crippen LogP contribution is -2.17. The van der Waals surface area contributed by atoms with Gasteiger partial charge in [0.2, 0.25) is 0 Å². The molecule has 0 unspecified atom stereocenters. The van der Waals surface area contributed by atoms with Gasteiger partial charge in [-0.3, -0.25) is 4.98 Å². The van der Waals surface area contributed by atoms with Crippen LogP contribution in [0.1, 0.15) is 36.5 Å². The molecule has 0 bridgehead atoms. The number of urea groups is 1. The third-order valence-corrected chi connectivity index (χ3v) is 8.07. The van der Waals surface area contributed by atoms with E-state index in [4.69, 9.17) is 10.1 Å². The molecular formula is C21H23N5O3S2. The number of aryl methyl sites for hydroxylation is 1. The highest BCUT2D eigenvalue weighted by molar-refractivity contribution is 7.93. The Kier molecular flexibility index (Phi) is 5.65. The average Bonchev–Trinajstić information content (AvgIpc) is 3.38. The van der Waals surface area contributed by atoms with Crippen molar-refractivity contribution in [2.45, 2.75) is 42.9 Å². The van der Waals surface area contributed by atoms with Gasteiger partial charge >= 0.3 is 6.03 Å². The van der Waals surface area contributed by atoms with Crippen molar-refractivity contribution in [3.63, 3.8) is 0 Å². The summed E-state index contributed by atoms with van der Waals surface area (Å²) < 4.78 is 16.7. The van der Waals surface area contributed by atoms with Crippen LogP contribution in [0.5, 0.6) is 0 Å². The molecule has 8 nitrogen and oxygen atoms in total. The van der Waals surface area contributed by atoms with Gasteiger partial charge in [0.15, 0.2) is 9.92 Å². The Balaban J connectivity index is 1.65. The number of fused-ring (bicyclic) bond motifs is 1. The van der Waals surface area contributed by atoms with Crippen LogP contribution >= 0.6 is 11.3 Å². The first-order valence-electron chi connectivity index (χ1n) is 9.76. The monoisotopic (exact) mass is 457 g/mol. The van der Waals surface area contributed by atoms with E-state index in [1.165, 1.54) is 6.20 Å². The number of aromatic nitrogens is 2. The summed E-state index contributed by atoms with van der Waals surface area (Å²) in [5.41, 5.74) is 3.01. The van der Waals surface area contributed by atoms with E-state index < -0.39 is 21.5 Å². The summed E-state index contributed by atoms with van der Waals surface area (Å²) in [6.07, 6.45) is 3.88. The minimum Gasteiger partial charge on any atom is -0.383 e. The molecule has 31 heavy (non-hydrogen) atoms. The Bertz CT molecular complexity index is 1260. The molecule has 10 heteroatoms.